The van der Waals surface area contributed by atoms with Gasteiger partial charge in [0.2, 0.25) is 0 Å². The Morgan fingerprint density at radius 3 is 2.79 bits per heavy atom. The van der Waals surface area contributed by atoms with Crippen molar-refractivity contribution in [1.29, 1.82) is 0 Å². The molecule has 0 atom stereocenters. The lowest BCUT2D eigenvalue weighted by Gasteiger charge is -2.02. The number of benzene rings is 1. The van der Waals surface area contributed by atoms with Gasteiger partial charge in [0.05, 0.1) is 6.54 Å². The molecule has 19 heavy (non-hydrogen) atoms. The number of carbonyl (C=O) groups is 1. The third kappa shape index (κ3) is 2.36. The summed E-state index contributed by atoms with van der Waals surface area (Å²) in [7, 11) is 0. The Bertz CT molecular complexity index is 683. The highest BCUT2D eigenvalue weighted by Crippen LogP contribution is 2.33. The Balaban J connectivity index is 1.81. The molecule has 0 spiro atoms. The molecule has 1 fully saturated rings. The molecule has 0 unspecified atom stereocenters. The molecule has 0 bridgehead atoms. The maximum atomic E-state index is 13.0. The van der Waals surface area contributed by atoms with Gasteiger partial charge in [-0.3, -0.25) is 13.9 Å². The molecule has 2 aromatic rings. The lowest BCUT2D eigenvalue weighted by molar-refractivity contribution is 0.0970. The largest absolute Gasteiger partial charge is 0.328 e. The van der Waals surface area contributed by atoms with Gasteiger partial charge in [-0.2, -0.15) is 0 Å². The van der Waals surface area contributed by atoms with E-state index in [2.05, 4.69) is 0 Å². The lowest BCUT2D eigenvalue weighted by atomic mass is 10.1. The van der Waals surface area contributed by atoms with Crippen LogP contribution in [0.2, 0.25) is 0 Å². The Labute approximate surface area is 109 Å². The SMILES string of the molecule is O=C(Cn1ccn(C2CC2)c1=O)c1cccc(F)c1. The molecule has 4 nitrogen and oxygen atoms in total. The van der Waals surface area contributed by atoms with Crippen LogP contribution in [0.25, 0.3) is 0 Å². The second-order valence-electron chi connectivity index (χ2n) is 4.78. The van der Waals surface area contributed by atoms with E-state index in [1.165, 1.54) is 22.8 Å². The van der Waals surface area contributed by atoms with E-state index in [0.29, 0.717) is 0 Å². The van der Waals surface area contributed by atoms with Gasteiger partial charge in [-0.15, -0.1) is 0 Å². The Hall–Kier alpha value is -2.17. The standard InChI is InChI=1S/C14H13FN2O2/c15-11-3-1-2-10(8-11)13(18)9-16-6-7-17(14(16)19)12-4-5-12/h1-3,6-8,12H,4-5,9H2. The van der Waals surface area contributed by atoms with E-state index in [9.17, 15) is 14.0 Å². The van der Waals surface area contributed by atoms with Crippen molar-refractivity contribution in [1.82, 2.24) is 9.13 Å². The quantitative estimate of drug-likeness (QED) is 0.789. The zero-order valence-corrected chi connectivity index (χ0v) is 10.3. The molecule has 1 saturated carbocycles. The molecule has 0 saturated heterocycles. The van der Waals surface area contributed by atoms with Crippen molar-refractivity contribution in [2.24, 2.45) is 0 Å². The molecule has 0 amide bonds. The number of nitrogens with zero attached hydrogens (tertiary/aromatic N) is 2. The number of rotatable bonds is 4. The first-order valence-corrected chi connectivity index (χ1v) is 6.21. The van der Waals surface area contributed by atoms with Crippen molar-refractivity contribution in [3.8, 4) is 0 Å². The smallest absolute Gasteiger partial charge is 0.296 e. The molecule has 1 aliphatic carbocycles. The molecule has 1 aromatic carbocycles. The number of carbonyl (C=O) groups excluding carboxylic acids is 1. The van der Waals surface area contributed by atoms with Gasteiger partial charge in [0.25, 0.3) is 0 Å². The zero-order chi connectivity index (χ0) is 13.4. The fourth-order valence-corrected chi connectivity index (χ4v) is 2.09. The van der Waals surface area contributed by atoms with Crippen LogP contribution in [0, 0.1) is 5.82 Å². The van der Waals surface area contributed by atoms with Gasteiger partial charge < -0.3 is 0 Å². The predicted molar refractivity (Wildman–Crippen MR) is 67.7 cm³/mol. The maximum absolute atomic E-state index is 13.0. The second kappa shape index (κ2) is 4.50. The number of imidazole rings is 1. The summed E-state index contributed by atoms with van der Waals surface area (Å²) in [5.41, 5.74) is 0.110. The fraction of sp³-hybridized carbons (Fsp3) is 0.286. The highest BCUT2D eigenvalue weighted by molar-refractivity contribution is 5.95. The Morgan fingerprint density at radius 1 is 1.32 bits per heavy atom. The number of ketones is 1. The number of halogens is 1. The molecule has 98 valence electrons. The topological polar surface area (TPSA) is 44.0 Å². The summed E-state index contributed by atoms with van der Waals surface area (Å²) in [6, 6.07) is 5.80. The van der Waals surface area contributed by atoms with Crippen LogP contribution < -0.4 is 5.69 Å². The van der Waals surface area contributed by atoms with Crippen LogP contribution in [0.3, 0.4) is 0 Å². The number of Topliss-reactive ketones (excluding diaryl/α,β-unsaturated/α-hetero) is 1. The summed E-state index contributed by atoms with van der Waals surface area (Å²) in [5, 5.41) is 0. The summed E-state index contributed by atoms with van der Waals surface area (Å²) in [6.07, 6.45) is 5.35. The van der Waals surface area contributed by atoms with Crippen LogP contribution in [-0.4, -0.2) is 14.9 Å². The first-order valence-electron chi connectivity index (χ1n) is 6.21. The molecule has 1 heterocycles. The van der Waals surface area contributed by atoms with Crippen LogP contribution in [-0.2, 0) is 6.54 Å². The van der Waals surface area contributed by atoms with E-state index in [-0.39, 0.29) is 29.6 Å². The van der Waals surface area contributed by atoms with Gasteiger partial charge in [-0.25, -0.2) is 9.18 Å². The minimum absolute atomic E-state index is 0.0536. The van der Waals surface area contributed by atoms with E-state index in [1.54, 1.807) is 23.0 Å². The van der Waals surface area contributed by atoms with Crippen molar-refractivity contribution in [3.63, 3.8) is 0 Å². The van der Waals surface area contributed by atoms with Gasteiger partial charge in [-0.1, -0.05) is 12.1 Å². The number of aromatic nitrogens is 2. The average molecular weight is 260 g/mol. The second-order valence-corrected chi connectivity index (χ2v) is 4.78. The zero-order valence-electron chi connectivity index (χ0n) is 10.3. The van der Waals surface area contributed by atoms with Gasteiger partial charge in [0.1, 0.15) is 5.82 Å². The molecule has 1 aliphatic rings. The van der Waals surface area contributed by atoms with E-state index < -0.39 is 5.82 Å². The van der Waals surface area contributed by atoms with E-state index in [4.69, 9.17) is 0 Å². The van der Waals surface area contributed by atoms with E-state index in [0.717, 1.165) is 12.8 Å². The van der Waals surface area contributed by atoms with E-state index in [1.807, 2.05) is 0 Å². The monoisotopic (exact) mass is 260 g/mol. The summed E-state index contributed by atoms with van der Waals surface area (Å²) < 4.78 is 16.1. The van der Waals surface area contributed by atoms with Crippen LogP contribution in [0.1, 0.15) is 29.2 Å². The normalized spacial score (nSPS) is 14.6. The first kappa shape index (κ1) is 11.9. The molecular weight excluding hydrogens is 247 g/mol. The summed E-state index contributed by atoms with van der Waals surface area (Å²) >= 11 is 0. The van der Waals surface area contributed by atoms with Crippen LogP contribution in [0.4, 0.5) is 4.39 Å². The summed E-state index contributed by atoms with van der Waals surface area (Å²) in [5.74, 6) is -0.719. The van der Waals surface area contributed by atoms with Crippen molar-refractivity contribution in [2.45, 2.75) is 25.4 Å². The van der Waals surface area contributed by atoms with Crippen LogP contribution in [0.5, 0.6) is 0 Å². The highest BCUT2D eigenvalue weighted by Gasteiger charge is 2.25. The lowest BCUT2D eigenvalue weighted by Crippen LogP contribution is -2.26. The van der Waals surface area contributed by atoms with Crippen LogP contribution in [0.15, 0.2) is 41.5 Å². The number of hydrogen-bond donors (Lipinski definition) is 0. The highest BCUT2D eigenvalue weighted by atomic mass is 19.1. The van der Waals surface area contributed by atoms with Gasteiger partial charge >= 0.3 is 5.69 Å². The van der Waals surface area contributed by atoms with E-state index >= 15 is 0 Å². The molecule has 3 rings (SSSR count). The van der Waals surface area contributed by atoms with Crippen molar-refractivity contribution in [3.05, 3.63) is 58.5 Å². The minimum atomic E-state index is -0.450. The molecule has 0 N–H and O–H groups in total. The minimum Gasteiger partial charge on any atom is -0.296 e. The van der Waals surface area contributed by atoms with Crippen molar-refractivity contribution < 1.29 is 9.18 Å². The predicted octanol–water partition coefficient (Wildman–Crippen LogP) is 2.01. The average Bonchev–Trinajstić information content (AvgIpc) is 3.16. The molecule has 0 aliphatic heterocycles. The fourth-order valence-electron chi connectivity index (χ4n) is 2.09. The number of hydrogen-bond acceptors (Lipinski definition) is 2. The van der Waals surface area contributed by atoms with Crippen LogP contribution >= 0.6 is 0 Å². The maximum Gasteiger partial charge on any atom is 0.328 e. The Morgan fingerprint density at radius 2 is 2.11 bits per heavy atom. The Kier molecular flexibility index (Phi) is 2.81. The summed E-state index contributed by atoms with van der Waals surface area (Å²) in [4.78, 5) is 24.0. The van der Waals surface area contributed by atoms with Gasteiger partial charge in [0, 0.05) is 24.0 Å². The van der Waals surface area contributed by atoms with Gasteiger partial charge in [-0.05, 0) is 25.0 Å². The van der Waals surface area contributed by atoms with Crippen molar-refractivity contribution in [2.75, 3.05) is 0 Å². The molecule has 1 aromatic heterocycles. The molecule has 0 radical (unpaired) electrons. The first-order chi connectivity index (χ1) is 9.15. The molecule has 5 heteroatoms. The van der Waals surface area contributed by atoms with Crippen molar-refractivity contribution >= 4 is 5.78 Å². The van der Waals surface area contributed by atoms with Gasteiger partial charge in [0.15, 0.2) is 5.78 Å². The third-order valence-electron chi connectivity index (χ3n) is 3.27. The summed E-state index contributed by atoms with van der Waals surface area (Å²) in [6.45, 7) is -0.0536. The third-order valence-corrected chi connectivity index (χ3v) is 3.27. The molecular formula is C14H13FN2O2.